The second-order valence-electron chi connectivity index (χ2n) is 18.2. The average molecular weight is 691 g/mol. The lowest BCUT2D eigenvalue weighted by molar-refractivity contribution is 1.86. The summed E-state index contributed by atoms with van der Waals surface area (Å²) in [5, 5.41) is 11.5. The van der Waals surface area contributed by atoms with Gasteiger partial charge < -0.3 is 0 Å². The van der Waals surface area contributed by atoms with Crippen LogP contribution < -0.4 is 120 Å². The molecule has 0 saturated heterocycles. The van der Waals surface area contributed by atoms with E-state index in [9.17, 15) is 0 Å². The Morgan fingerprint density at radius 2 is 0.268 bits per heavy atom. The van der Waals surface area contributed by atoms with Crippen molar-refractivity contribution in [1.82, 2.24) is 0 Å². The average Bonchev–Trinajstić information content (AvgIpc) is 3.17. The molecule has 246 valence electrons. The maximum atomic E-state index is 2.43. The molecule has 7 aromatic rings. The van der Waals surface area contributed by atoms with Gasteiger partial charge in [0.05, 0.1) is 0 Å². The van der Waals surface area contributed by atoms with Crippen LogP contribution in [0.15, 0.2) is 0 Å². The van der Waals surface area contributed by atoms with Gasteiger partial charge >= 0.3 is 0 Å². The number of benzene rings is 7. The highest BCUT2D eigenvalue weighted by Gasteiger charge is 2.30. The first-order chi connectivity index (χ1) is 26.0. The highest BCUT2D eigenvalue weighted by molar-refractivity contribution is 6.77. The molecule has 0 aliphatic carbocycles. The van der Waals surface area contributed by atoms with Crippen LogP contribution in [0.3, 0.4) is 0 Å². The van der Waals surface area contributed by atoms with Crippen molar-refractivity contribution in [3.63, 3.8) is 0 Å². The molecular weight excluding hydrogens is 646 g/mol. The van der Waals surface area contributed by atoms with Crippen molar-refractivity contribution in [2.75, 3.05) is 0 Å². The lowest BCUT2D eigenvalue weighted by Crippen LogP contribution is -2.53. The second-order valence-corrected chi connectivity index (χ2v) is 18.2. The van der Waals surface area contributed by atoms with Crippen molar-refractivity contribution >= 4 is 336 Å². The molecule has 0 amide bonds. The molecule has 0 spiro atoms. The van der Waals surface area contributed by atoms with Crippen molar-refractivity contribution in [2.45, 2.75) is 0 Å². The van der Waals surface area contributed by atoms with Gasteiger partial charge in [-0.2, -0.15) is 0 Å². The molecule has 0 aromatic heterocycles. The largest absolute Gasteiger partial charge is 0.140 e. The van der Waals surface area contributed by atoms with Crippen molar-refractivity contribution in [2.24, 2.45) is 0 Å². The van der Waals surface area contributed by atoms with Crippen molar-refractivity contribution < 1.29 is 0 Å². The number of rotatable bonds is 2. The molecule has 0 heterocycles. The monoisotopic (exact) mass is 695 g/mol. The summed E-state index contributed by atoms with van der Waals surface area (Å²) in [5.41, 5.74) is 36.9. The van der Waals surface area contributed by atoms with E-state index in [0.717, 1.165) is 0 Å². The number of fused-ring (bicyclic) bond motifs is 4. The highest BCUT2D eigenvalue weighted by Crippen LogP contribution is 2.40. The fourth-order valence-corrected chi connectivity index (χ4v) is 11.3. The predicted octanol–water partition coefficient (Wildman–Crippen LogP) is -28.7. The van der Waals surface area contributed by atoms with E-state index in [1.807, 2.05) is 0 Å². The molecule has 0 aliphatic rings. The molecule has 0 nitrogen and oxygen atoms in total. The van der Waals surface area contributed by atoms with E-state index in [-0.39, 0.29) is 0 Å². The summed E-state index contributed by atoms with van der Waals surface area (Å²) in [6, 6.07) is 0. The quantitative estimate of drug-likeness (QED) is 0.125. The molecule has 0 fully saturated rings. The summed E-state index contributed by atoms with van der Waals surface area (Å²) >= 11 is 0. The van der Waals surface area contributed by atoms with Crippen LogP contribution in [-0.2, 0) is 0 Å². The Balaban J connectivity index is 1.96. The van der Waals surface area contributed by atoms with Gasteiger partial charge in [0.15, 0.2) is 0 Å². The van der Waals surface area contributed by atoms with Crippen LogP contribution in [0.2, 0.25) is 0 Å². The Morgan fingerprint density at radius 1 is 0.107 bits per heavy atom. The lowest BCUT2D eigenvalue weighted by Gasteiger charge is -2.32. The van der Waals surface area contributed by atoms with Gasteiger partial charge in [0, 0.05) is 0 Å². The van der Waals surface area contributed by atoms with Crippen LogP contribution in [0.25, 0.3) is 65.3 Å². The standard InChI is InChI=1S/C34H44B22/c35-13-9(20(42)21(43)12-11(13)24(46)33(55)34(56)25(12)47)2-6-3(15(37)27(49)29(51)17(6)39)1(4-7(2)18(40)30(52)28(50)16(4)38)5-8-10(22(44)26(48)14(5)36)23(45)32(54)31(53)19(8)41/h35-56H2. The second kappa shape index (κ2) is 13.8. The topological polar surface area (TPSA) is 0 Å². The van der Waals surface area contributed by atoms with E-state index >= 15 is 0 Å². The van der Waals surface area contributed by atoms with Crippen LogP contribution in [-0.4, -0.2) is 173 Å². The normalized spacial score (nSPS) is 11.7. The Hall–Kier alpha value is -2.99. The van der Waals surface area contributed by atoms with Gasteiger partial charge in [0.2, 0.25) is 0 Å². The summed E-state index contributed by atoms with van der Waals surface area (Å²) in [7, 11) is 52.3. The molecular formula is C34H44B22. The fourth-order valence-electron chi connectivity index (χ4n) is 11.3. The minimum absolute atomic E-state index is 1.41. The number of hydrogen-bond acceptors (Lipinski definition) is 0. The first-order valence-corrected chi connectivity index (χ1v) is 21.0. The minimum Gasteiger partial charge on any atom is -0.101 e. The molecule has 0 radical (unpaired) electrons. The summed E-state index contributed by atoms with van der Waals surface area (Å²) < 4.78 is 0. The summed E-state index contributed by atoms with van der Waals surface area (Å²) in [5.74, 6) is 0. The van der Waals surface area contributed by atoms with Crippen LogP contribution in [0, 0.1) is 0 Å². The van der Waals surface area contributed by atoms with Gasteiger partial charge in [-0.05, 0) is 65.3 Å². The summed E-state index contributed by atoms with van der Waals surface area (Å²) in [6.07, 6.45) is 0. The van der Waals surface area contributed by atoms with E-state index in [1.165, 1.54) is 186 Å². The third-order valence-electron chi connectivity index (χ3n) is 16.4. The third-order valence-corrected chi connectivity index (χ3v) is 16.4. The van der Waals surface area contributed by atoms with Crippen molar-refractivity contribution in [1.29, 1.82) is 0 Å². The molecule has 0 atom stereocenters. The molecule has 22 heteroatoms. The Labute approximate surface area is 356 Å². The first kappa shape index (κ1) is 41.2. The Bertz CT molecular complexity index is 2950. The van der Waals surface area contributed by atoms with E-state index in [1.54, 1.807) is 0 Å². The van der Waals surface area contributed by atoms with Gasteiger partial charge in [-0.3, -0.25) is 0 Å². The molecule has 7 rings (SSSR count). The SMILES string of the molecule is Bc1c(B)c(B)c2c(B)c(-c3c4c(B)c(B)c(B)c(B)c4c(-c4c(B)c(B)c(B)c5c(B)c(B)c(B)c(B)c45)c4c(B)c(B)c(B)c(B)c34)c(B)c(B)c2c1B. The zero-order valence-corrected chi connectivity index (χ0v) is 39.0. The Kier molecular flexibility index (Phi) is 10.2. The van der Waals surface area contributed by atoms with Crippen LogP contribution in [0.5, 0.6) is 0 Å². The van der Waals surface area contributed by atoms with E-state index in [2.05, 4.69) is 173 Å². The highest BCUT2D eigenvalue weighted by atomic mass is 14.3. The molecule has 0 saturated carbocycles. The van der Waals surface area contributed by atoms with E-state index in [4.69, 9.17) is 0 Å². The molecule has 0 N–H and O–H groups in total. The van der Waals surface area contributed by atoms with Crippen molar-refractivity contribution in [3.05, 3.63) is 0 Å². The van der Waals surface area contributed by atoms with Gasteiger partial charge in [-0.25, -0.2) is 0 Å². The molecule has 0 aliphatic heterocycles. The van der Waals surface area contributed by atoms with Gasteiger partial charge in [-0.15, -0.1) is 49.2 Å². The smallest absolute Gasteiger partial charge is 0.101 e. The maximum absolute atomic E-state index is 2.43. The summed E-state index contributed by atoms with van der Waals surface area (Å²) in [4.78, 5) is 0. The fraction of sp³-hybridized carbons (Fsp3) is 0. The van der Waals surface area contributed by atoms with Gasteiger partial charge in [0.25, 0.3) is 0 Å². The third kappa shape index (κ3) is 5.17. The zero-order valence-electron chi connectivity index (χ0n) is 39.0. The van der Waals surface area contributed by atoms with Crippen LogP contribution >= 0.6 is 0 Å². The lowest BCUT2D eigenvalue weighted by atomic mass is 9.55. The first-order valence-electron chi connectivity index (χ1n) is 21.0. The minimum atomic E-state index is 1.41. The molecule has 0 bridgehead atoms. The number of hydrogen-bond donors (Lipinski definition) is 0. The Morgan fingerprint density at radius 3 is 0.571 bits per heavy atom. The molecule has 7 aromatic carbocycles. The van der Waals surface area contributed by atoms with Gasteiger partial charge in [0.1, 0.15) is 173 Å². The van der Waals surface area contributed by atoms with E-state index in [0.29, 0.717) is 0 Å². The maximum Gasteiger partial charge on any atom is 0.140 e. The van der Waals surface area contributed by atoms with Gasteiger partial charge in [-0.1, -0.05) is 71.0 Å². The van der Waals surface area contributed by atoms with Crippen molar-refractivity contribution in [3.8, 4) is 22.3 Å². The molecule has 0 unspecified atom stereocenters. The predicted molar refractivity (Wildman–Crippen MR) is 327 cm³/mol. The summed E-state index contributed by atoms with van der Waals surface area (Å²) in [6.45, 7) is 0. The zero-order chi connectivity index (χ0) is 41.6. The van der Waals surface area contributed by atoms with Crippen LogP contribution in [0.4, 0.5) is 0 Å². The molecule has 56 heavy (non-hydrogen) atoms. The van der Waals surface area contributed by atoms with Crippen LogP contribution in [0.1, 0.15) is 0 Å². The van der Waals surface area contributed by atoms with E-state index < -0.39 is 0 Å².